The molecule has 1 atom stereocenters. The molecule has 0 radical (unpaired) electrons. The van der Waals surface area contributed by atoms with Crippen LogP contribution in [0.15, 0.2) is 5.38 Å². The van der Waals surface area contributed by atoms with Crippen LogP contribution in [0.25, 0.3) is 0 Å². The molecular weight excluding hydrogens is 180 g/mol. The molecule has 1 rings (SSSR count). The van der Waals surface area contributed by atoms with E-state index in [1.807, 2.05) is 0 Å². The number of aromatic nitrogens is 1. The molecule has 1 aromatic heterocycles. The summed E-state index contributed by atoms with van der Waals surface area (Å²) in [6, 6.07) is 0. The molecular formula is C10H18N2S. The van der Waals surface area contributed by atoms with Gasteiger partial charge in [-0.05, 0) is 13.0 Å². The number of rotatable bonds is 4. The Labute approximate surface area is 84.2 Å². The maximum absolute atomic E-state index is 5.51. The van der Waals surface area contributed by atoms with Gasteiger partial charge < -0.3 is 5.73 Å². The van der Waals surface area contributed by atoms with Gasteiger partial charge in [-0.15, -0.1) is 11.3 Å². The summed E-state index contributed by atoms with van der Waals surface area (Å²) < 4.78 is 0. The van der Waals surface area contributed by atoms with E-state index in [0.29, 0.717) is 11.8 Å². The summed E-state index contributed by atoms with van der Waals surface area (Å²) in [7, 11) is 0. The van der Waals surface area contributed by atoms with E-state index in [1.54, 1.807) is 11.3 Å². The summed E-state index contributed by atoms with van der Waals surface area (Å²) in [5, 5.41) is 3.40. The molecule has 0 saturated heterocycles. The molecule has 0 aliphatic heterocycles. The smallest absolute Gasteiger partial charge is 0.0953 e. The summed E-state index contributed by atoms with van der Waals surface area (Å²) in [6.45, 7) is 7.29. The number of nitrogens with zero attached hydrogens (tertiary/aromatic N) is 1. The summed E-state index contributed by atoms with van der Waals surface area (Å²) in [6.07, 6.45) is 1.03. The lowest BCUT2D eigenvalue weighted by Gasteiger charge is -2.05. The Balaban J connectivity index is 2.67. The van der Waals surface area contributed by atoms with Crippen LogP contribution in [0.4, 0.5) is 0 Å². The normalized spacial score (nSPS) is 13.6. The van der Waals surface area contributed by atoms with Crippen molar-refractivity contribution in [3.8, 4) is 0 Å². The van der Waals surface area contributed by atoms with E-state index in [1.165, 1.54) is 10.7 Å². The molecule has 1 unspecified atom stereocenters. The first-order valence-corrected chi connectivity index (χ1v) is 5.68. The fourth-order valence-corrected chi connectivity index (χ4v) is 2.15. The van der Waals surface area contributed by atoms with Crippen molar-refractivity contribution in [2.24, 2.45) is 5.73 Å². The van der Waals surface area contributed by atoms with Gasteiger partial charge >= 0.3 is 0 Å². The van der Waals surface area contributed by atoms with Crippen LogP contribution in [0.3, 0.4) is 0 Å². The molecule has 0 aromatic carbocycles. The van der Waals surface area contributed by atoms with Gasteiger partial charge in [0.1, 0.15) is 0 Å². The Morgan fingerprint density at radius 3 is 2.62 bits per heavy atom. The predicted molar refractivity (Wildman–Crippen MR) is 58.3 cm³/mol. The molecule has 3 heteroatoms. The van der Waals surface area contributed by atoms with Crippen LogP contribution in [0.2, 0.25) is 0 Å². The minimum atomic E-state index is 0.508. The van der Waals surface area contributed by atoms with E-state index in [2.05, 4.69) is 31.1 Å². The van der Waals surface area contributed by atoms with Gasteiger partial charge in [-0.1, -0.05) is 20.8 Å². The van der Waals surface area contributed by atoms with Crippen LogP contribution < -0.4 is 5.73 Å². The highest BCUT2D eigenvalue weighted by Crippen LogP contribution is 2.24. The van der Waals surface area contributed by atoms with Gasteiger partial charge in [0.15, 0.2) is 0 Å². The van der Waals surface area contributed by atoms with Crippen LogP contribution in [0.5, 0.6) is 0 Å². The van der Waals surface area contributed by atoms with Gasteiger partial charge in [-0.25, -0.2) is 4.98 Å². The number of hydrogen-bond acceptors (Lipinski definition) is 3. The maximum atomic E-state index is 5.51. The monoisotopic (exact) mass is 198 g/mol. The summed E-state index contributed by atoms with van der Waals surface area (Å²) in [5.74, 6) is 1.05. The van der Waals surface area contributed by atoms with Gasteiger partial charge in [0, 0.05) is 17.2 Å². The van der Waals surface area contributed by atoms with Gasteiger partial charge in [0.25, 0.3) is 0 Å². The lowest BCUT2D eigenvalue weighted by Crippen LogP contribution is -2.04. The van der Waals surface area contributed by atoms with E-state index in [0.717, 1.165) is 13.0 Å². The first kappa shape index (κ1) is 10.7. The average Bonchev–Trinajstić information content (AvgIpc) is 2.52. The zero-order valence-corrected chi connectivity index (χ0v) is 9.40. The van der Waals surface area contributed by atoms with Crippen molar-refractivity contribution in [1.82, 2.24) is 4.98 Å². The zero-order chi connectivity index (χ0) is 9.84. The highest BCUT2D eigenvalue weighted by Gasteiger charge is 2.10. The van der Waals surface area contributed by atoms with Crippen molar-refractivity contribution in [3.05, 3.63) is 16.1 Å². The molecule has 0 saturated carbocycles. The van der Waals surface area contributed by atoms with Gasteiger partial charge in [-0.3, -0.25) is 0 Å². The molecule has 0 aliphatic rings. The SMILES string of the molecule is CC(C)c1nc(C(C)CCN)cs1. The molecule has 0 spiro atoms. The summed E-state index contributed by atoms with van der Waals surface area (Å²) in [4.78, 5) is 4.59. The van der Waals surface area contributed by atoms with Crippen molar-refractivity contribution >= 4 is 11.3 Å². The van der Waals surface area contributed by atoms with Crippen LogP contribution in [-0.2, 0) is 0 Å². The van der Waals surface area contributed by atoms with Crippen molar-refractivity contribution in [2.75, 3.05) is 6.54 Å². The fourth-order valence-electron chi connectivity index (χ4n) is 1.19. The van der Waals surface area contributed by atoms with Gasteiger partial charge in [-0.2, -0.15) is 0 Å². The Hall–Kier alpha value is -0.410. The topological polar surface area (TPSA) is 38.9 Å². The highest BCUT2D eigenvalue weighted by molar-refractivity contribution is 7.09. The summed E-state index contributed by atoms with van der Waals surface area (Å²) in [5.41, 5.74) is 6.72. The van der Waals surface area contributed by atoms with Crippen LogP contribution >= 0.6 is 11.3 Å². The molecule has 74 valence electrons. The Morgan fingerprint density at radius 1 is 1.46 bits per heavy atom. The Bertz CT molecular complexity index is 255. The minimum Gasteiger partial charge on any atom is -0.330 e. The third-order valence-electron chi connectivity index (χ3n) is 2.14. The fraction of sp³-hybridized carbons (Fsp3) is 0.700. The number of thiazole rings is 1. The van der Waals surface area contributed by atoms with E-state index < -0.39 is 0 Å². The molecule has 0 bridgehead atoms. The van der Waals surface area contributed by atoms with Crippen LogP contribution in [0.1, 0.15) is 49.7 Å². The summed E-state index contributed by atoms with van der Waals surface area (Å²) >= 11 is 1.76. The standard InChI is InChI=1S/C10H18N2S/c1-7(2)10-12-9(6-13-10)8(3)4-5-11/h6-8H,4-5,11H2,1-3H3. The van der Waals surface area contributed by atoms with Crippen molar-refractivity contribution in [3.63, 3.8) is 0 Å². The molecule has 0 amide bonds. The van der Waals surface area contributed by atoms with Crippen molar-refractivity contribution in [1.29, 1.82) is 0 Å². The predicted octanol–water partition coefficient (Wildman–Crippen LogP) is 2.72. The average molecular weight is 198 g/mol. The zero-order valence-electron chi connectivity index (χ0n) is 8.58. The van der Waals surface area contributed by atoms with E-state index in [-0.39, 0.29) is 0 Å². The number of hydrogen-bond donors (Lipinski definition) is 1. The van der Waals surface area contributed by atoms with Crippen LogP contribution in [-0.4, -0.2) is 11.5 Å². The molecule has 1 aromatic rings. The molecule has 2 N–H and O–H groups in total. The Kier molecular flexibility index (Phi) is 3.88. The van der Waals surface area contributed by atoms with Gasteiger partial charge in [0.05, 0.1) is 10.7 Å². The Morgan fingerprint density at radius 2 is 2.15 bits per heavy atom. The third kappa shape index (κ3) is 2.78. The first-order chi connectivity index (χ1) is 6.15. The molecule has 13 heavy (non-hydrogen) atoms. The third-order valence-corrected chi connectivity index (χ3v) is 3.30. The van der Waals surface area contributed by atoms with E-state index >= 15 is 0 Å². The lowest BCUT2D eigenvalue weighted by atomic mass is 10.1. The minimum absolute atomic E-state index is 0.508. The van der Waals surface area contributed by atoms with Crippen molar-refractivity contribution in [2.45, 2.75) is 39.0 Å². The molecule has 1 heterocycles. The largest absolute Gasteiger partial charge is 0.330 e. The second-order valence-corrected chi connectivity index (χ2v) is 4.63. The first-order valence-electron chi connectivity index (χ1n) is 4.80. The molecule has 2 nitrogen and oxygen atoms in total. The van der Waals surface area contributed by atoms with Gasteiger partial charge in [0.2, 0.25) is 0 Å². The highest BCUT2D eigenvalue weighted by atomic mass is 32.1. The second-order valence-electron chi connectivity index (χ2n) is 3.74. The molecule has 0 aliphatic carbocycles. The molecule has 0 fully saturated rings. The quantitative estimate of drug-likeness (QED) is 0.808. The van der Waals surface area contributed by atoms with E-state index in [4.69, 9.17) is 5.73 Å². The second kappa shape index (κ2) is 4.72. The maximum Gasteiger partial charge on any atom is 0.0953 e. The lowest BCUT2D eigenvalue weighted by molar-refractivity contribution is 0.669. The van der Waals surface area contributed by atoms with E-state index in [9.17, 15) is 0 Å². The van der Waals surface area contributed by atoms with Crippen LogP contribution in [0, 0.1) is 0 Å². The number of nitrogens with two attached hydrogens (primary N) is 1. The van der Waals surface area contributed by atoms with Crippen molar-refractivity contribution < 1.29 is 0 Å².